The third kappa shape index (κ3) is 3.75. The van der Waals surface area contributed by atoms with Crippen LogP contribution in [0.25, 0.3) is 4.48 Å². The SMILES string of the molecule is C[NH+](C)C/C=C(\Br)c1ccccc1. The fraction of sp³-hybridized carbons (Fsp3) is 0.273. The van der Waals surface area contributed by atoms with Gasteiger partial charge in [0.2, 0.25) is 0 Å². The maximum Gasteiger partial charge on any atom is 0.0968 e. The van der Waals surface area contributed by atoms with Gasteiger partial charge in [-0.1, -0.05) is 46.3 Å². The van der Waals surface area contributed by atoms with Gasteiger partial charge >= 0.3 is 0 Å². The lowest BCUT2D eigenvalue weighted by Crippen LogP contribution is -3.05. The first kappa shape index (κ1) is 10.5. The van der Waals surface area contributed by atoms with Crippen LogP contribution in [-0.2, 0) is 0 Å². The number of halogens is 1. The Hall–Kier alpha value is -0.600. The van der Waals surface area contributed by atoms with E-state index in [9.17, 15) is 0 Å². The van der Waals surface area contributed by atoms with E-state index >= 15 is 0 Å². The van der Waals surface area contributed by atoms with Crippen LogP contribution in [-0.4, -0.2) is 20.6 Å². The van der Waals surface area contributed by atoms with Gasteiger partial charge in [-0.15, -0.1) is 0 Å². The molecule has 70 valence electrons. The maximum absolute atomic E-state index is 3.56. The summed E-state index contributed by atoms with van der Waals surface area (Å²) in [5.74, 6) is 0. The van der Waals surface area contributed by atoms with Crippen LogP contribution in [0.1, 0.15) is 5.56 Å². The van der Waals surface area contributed by atoms with Crippen molar-refractivity contribution in [3.05, 3.63) is 42.0 Å². The van der Waals surface area contributed by atoms with Gasteiger partial charge < -0.3 is 4.90 Å². The molecule has 13 heavy (non-hydrogen) atoms. The zero-order chi connectivity index (χ0) is 9.68. The molecule has 1 rings (SSSR count). The molecule has 0 radical (unpaired) electrons. The Morgan fingerprint density at radius 3 is 2.46 bits per heavy atom. The van der Waals surface area contributed by atoms with Gasteiger partial charge in [0.15, 0.2) is 0 Å². The number of quaternary nitrogens is 1. The van der Waals surface area contributed by atoms with Crippen LogP contribution < -0.4 is 4.90 Å². The van der Waals surface area contributed by atoms with E-state index in [4.69, 9.17) is 0 Å². The zero-order valence-corrected chi connectivity index (χ0v) is 9.64. The first-order valence-corrected chi connectivity index (χ1v) is 5.19. The molecular weight excluding hydrogens is 226 g/mol. The van der Waals surface area contributed by atoms with Gasteiger partial charge in [-0.2, -0.15) is 0 Å². The molecule has 0 saturated heterocycles. The summed E-state index contributed by atoms with van der Waals surface area (Å²) in [6.45, 7) is 1.04. The van der Waals surface area contributed by atoms with E-state index in [1.807, 2.05) is 18.2 Å². The topological polar surface area (TPSA) is 4.44 Å². The maximum atomic E-state index is 3.56. The summed E-state index contributed by atoms with van der Waals surface area (Å²) in [4.78, 5) is 1.42. The molecule has 0 fully saturated rings. The first-order chi connectivity index (χ1) is 6.20. The third-order valence-electron chi connectivity index (χ3n) is 1.74. The largest absolute Gasteiger partial charge is 0.337 e. The summed E-state index contributed by atoms with van der Waals surface area (Å²) in [6, 6.07) is 10.3. The minimum atomic E-state index is 1.04. The van der Waals surface area contributed by atoms with Crippen LogP contribution in [0.3, 0.4) is 0 Å². The molecule has 0 aliphatic heterocycles. The molecule has 0 aromatic heterocycles. The number of nitrogens with one attached hydrogen (secondary N) is 1. The Labute approximate surface area is 88.2 Å². The van der Waals surface area contributed by atoms with E-state index in [2.05, 4.69) is 48.2 Å². The molecule has 1 nitrogen and oxygen atoms in total. The predicted octanol–water partition coefficient (Wildman–Crippen LogP) is 1.57. The molecule has 2 heteroatoms. The summed E-state index contributed by atoms with van der Waals surface area (Å²) >= 11 is 3.56. The van der Waals surface area contributed by atoms with Crippen LogP contribution in [0.2, 0.25) is 0 Å². The number of hydrogen-bond acceptors (Lipinski definition) is 0. The average Bonchev–Trinajstić information content (AvgIpc) is 2.15. The molecule has 1 aromatic carbocycles. The fourth-order valence-corrected chi connectivity index (χ4v) is 1.44. The lowest BCUT2D eigenvalue weighted by molar-refractivity contribution is -0.851. The average molecular weight is 241 g/mol. The van der Waals surface area contributed by atoms with Crippen molar-refractivity contribution < 1.29 is 4.90 Å². The molecule has 0 saturated carbocycles. The highest BCUT2D eigenvalue weighted by atomic mass is 79.9. The van der Waals surface area contributed by atoms with Crippen molar-refractivity contribution in [1.82, 2.24) is 0 Å². The molecule has 0 heterocycles. The standard InChI is InChI=1S/C11H14BrN/c1-13(2)9-8-11(12)10-6-4-3-5-7-10/h3-8H,9H2,1-2H3/p+1/b11-8-. The monoisotopic (exact) mass is 240 g/mol. The highest BCUT2D eigenvalue weighted by Gasteiger charge is 1.96. The molecule has 0 atom stereocenters. The van der Waals surface area contributed by atoms with E-state index in [-0.39, 0.29) is 0 Å². The zero-order valence-electron chi connectivity index (χ0n) is 8.05. The van der Waals surface area contributed by atoms with E-state index in [0.29, 0.717) is 0 Å². The molecule has 0 spiro atoms. The lowest BCUT2D eigenvalue weighted by Gasteiger charge is -2.03. The second-order valence-corrected chi connectivity index (χ2v) is 4.18. The fourth-order valence-electron chi connectivity index (χ4n) is 1.01. The number of likely N-dealkylation sites (N-methyl/N-ethyl adjacent to an activating group) is 1. The molecular formula is C11H15BrN+. The second-order valence-electron chi connectivity index (χ2n) is 3.33. The molecule has 0 unspecified atom stereocenters. The number of hydrogen-bond donors (Lipinski definition) is 1. The minimum absolute atomic E-state index is 1.04. The molecule has 1 aromatic rings. The molecule has 0 aliphatic carbocycles. The Morgan fingerprint density at radius 2 is 1.92 bits per heavy atom. The van der Waals surface area contributed by atoms with E-state index in [1.54, 1.807) is 0 Å². The van der Waals surface area contributed by atoms with Crippen LogP contribution in [0.4, 0.5) is 0 Å². The summed E-state index contributed by atoms with van der Waals surface area (Å²) in [7, 11) is 4.28. The van der Waals surface area contributed by atoms with Gasteiger partial charge in [-0.3, -0.25) is 0 Å². The van der Waals surface area contributed by atoms with Crippen LogP contribution in [0, 0.1) is 0 Å². The van der Waals surface area contributed by atoms with Crippen LogP contribution >= 0.6 is 15.9 Å². The van der Waals surface area contributed by atoms with Gasteiger partial charge in [0.1, 0.15) is 0 Å². The van der Waals surface area contributed by atoms with Crippen molar-refractivity contribution in [2.45, 2.75) is 0 Å². The number of rotatable bonds is 3. The van der Waals surface area contributed by atoms with Crippen molar-refractivity contribution in [1.29, 1.82) is 0 Å². The Morgan fingerprint density at radius 1 is 1.31 bits per heavy atom. The quantitative estimate of drug-likeness (QED) is 0.819. The van der Waals surface area contributed by atoms with Crippen LogP contribution in [0.15, 0.2) is 36.4 Å². The highest BCUT2D eigenvalue weighted by Crippen LogP contribution is 2.19. The van der Waals surface area contributed by atoms with Crippen molar-refractivity contribution in [3.8, 4) is 0 Å². The Bertz CT molecular complexity index is 277. The van der Waals surface area contributed by atoms with Crippen molar-refractivity contribution in [2.75, 3.05) is 20.6 Å². The van der Waals surface area contributed by atoms with Crippen molar-refractivity contribution in [2.24, 2.45) is 0 Å². The number of benzene rings is 1. The smallest absolute Gasteiger partial charge is 0.0968 e. The summed E-state index contributed by atoms with van der Waals surface area (Å²) in [5, 5.41) is 0. The molecule has 0 aliphatic rings. The van der Waals surface area contributed by atoms with Crippen molar-refractivity contribution >= 4 is 20.4 Å². The summed E-state index contributed by atoms with van der Waals surface area (Å²) in [6.07, 6.45) is 2.20. The van der Waals surface area contributed by atoms with Gasteiger partial charge in [-0.25, -0.2) is 0 Å². The Kier molecular flexibility index (Phi) is 4.19. The predicted molar refractivity (Wildman–Crippen MR) is 61.0 cm³/mol. The summed E-state index contributed by atoms with van der Waals surface area (Å²) in [5.41, 5.74) is 1.24. The molecule has 0 amide bonds. The van der Waals surface area contributed by atoms with Gasteiger partial charge in [0.05, 0.1) is 20.6 Å². The molecule has 1 N–H and O–H groups in total. The Balaban J connectivity index is 2.68. The third-order valence-corrected chi connectivity index (χ3v) is 2.52. The minimum Gasteiger partial charge on any atom is -0.337 e. The van der Waals surface area contributed by atoms with E-state index in [1.165, 1.54) is 14.9 Å². The van der Waals surface area contributed by atoms with E-state index in [0.717, 1.165) is 6.54 Å². The summed E-state index contributed by atoms with van der Waals surface area (Å²) < 4.78 is 1.18. The van der Waals surface area contributed by atoms with E-state index < -0.39 is 0 Å². The normalized spacial score (nSPS) is 12.2. The van der Waals surface area contributed by atoms with Crippen molar-refractivity contribution in [3.63, 3.8) is 0 Å². The van der Waals surface area contributed by atoms with Gasteiger partial charge in [0, 0.05) is 4.48 Å². The second kappa shape index (κ2) is 5.20. The van der Waals surface area contributed by atoms with Crippen LogP contribution in [0.5, 0.6) is 0 Å². The first-order valence-electron chi connectivity index (χ1n) is 4.40. The highest BCUT2D eigenvalue weighted by molar-refractivity contribution is 9.15. The van der Waals surface area contributed by atoms with Gasteiger partial charge in [-0.05, 0) is 11.6 Å². The van der Waals surface area contributed by atoms with Gasteiger partial charge in [0.25, 0.3) is 0 Å². The molecule has 0 bridgehead atoms. The lowest BCUT2D eigenvalue weighted by atomic mass is 10.2.